The van der Waals surface area contributed by atoms with E-state index in [1.807, 2.05) is 56.3 Å². The summed E-state index contributed by atoms with van der Waals surface area (Å²) < 4.78 is 15.9. The largest absolute Gasteiger partial charge is 0.465 e. The summed E-state index contributed by atoms with van der Waals surface area (Å²) in [6.07, 6.45) is 0. The number of benzene rings is 1. The molecule has 1 aromatic rings. The minimum absolute atomic E-state index is 0.372. The van der Waals surface area contributed by atoms with Crippen LogP contribution in [0.1, 0.15) is 24.2 Å². The SMILES string of the molecule is CC.COC(=O)c1cc(OSI)c(Br)c(OSI)c1. The van der Waals surface area contributed by atoms with Gasteiger partial charge in [-0.25, -0.2) is 4.79 Å². The van der Waals surface area contributed by atoms with Crippen LogP contribution in [0.2, 0.25) is 0 Å². The molecule has 0 bridgehead atoms. The average molecular weight is 593 g/mol. The normalized spacial score (nSPS) is 9.16. The number of halogens is 3. The van der Waals surface area contributed by atoms with E-state index in [1.54, 1.807) is 12.1 Å². The van der Waals surface area contributed by atoms with Gasteiger partial charge in [0.2, 0.25) is 0 Å². The lowest BCUT2D eigenvalue weighted by atomic mass is 10.2. The third-order valence-corrected chi connectivity index (χ3v) is 4.01. The lowest BCUT2D eigenvalue weighted by Crippen LogP contribution is -2.02. The summed E-state index contributed by atoms with van der Waals surface area (Å²) in [6, 6.07) is 3.18. The average Bonchev–Trinajstić information content (AvgIpc) is 2.44. The summed E-state index contributed by atoms with van der Waals surface area (Å²) >= 11 is 7.33. The van der Waals surface area contributed by atoms with Crippen LogP contribution in [0.4, 0.5) is 0 Å². The van der Waals surface area contributed by atoms with Crippen LogP contribution in [0.25, 0.3) is 0 Å². The number of carbonyl (C=O) groups excluding carboxylic acids is 1. The van der Waals surface area contributed by atoms with Gasteiger partial charge in [0.25, 0.3) is 0 Å². The van der Waals surface area contributed by atoms with E-state index in [9.17, 15) is 4.79 Å². The van der Waals surface area contributed by atoms with Gasteiger partial charge in [-0.2, -0.15) is 0 Å². The zero-order valence-corrected chi connectivity index (χ0v) is 17.8. The van der Waals surface area contributed by atoms with Crippen molar-refractivity contribution in [2.45, 2.75) is 13.8 Å². The monoisotopic (exact) mass is 592 g/mol. The first-order chi connectivity index (χ1) is 9.13. The van der Waals surface area contributed by atoms with Gasteiger partial charge >= 0.3 is 5.97 Å². The van der Waals surface area contributed by atoms with Crippen molar-refractivity contribution in [3.8, 4) is 11.5 Å². The summed E-state index contributed by atoms with van der Waals surface area (Å²) in [6.45, 7) is 4.00. The van der Waals surface area contributed by atoms with E-state index in [0.29, 0.717) is 21.5 Å². The molecule has 0 atom stereocenters. The Morgan fingerprint density at radius 2 is 1.58 bits per heavy atom. The topological polar surface area (TPSA) is 44.8 Å². The van der Waals surface area contributed by atoms with E-state index in [2.05, 4.69) is 20.7 Å². The minimum atomic E-state index is -0.441. The molecule has 0 amide bonds. The maximum atomic E-state index is 11.5. The van der Waals surface area contributed by atoms with Gasteiger partial charge in [0.05, 0.1) is 12.7 Å². The van der Waals surface area contributed by atoms with Crippen molar-refractivity contribution in [3.63, 3.8) is 0 Å². The number of rotatable bonds is 5. The number of ether oxygens (including phenoxy) is 1. The van der Waals surface area contributed by atoms with E-state index in [4.69, 9.17) is 8.37 Å². The Morgan fingerprint density at radius 3 is 1.89 bits per heavy atom. The first-order valence-corrected chi connectivity index (χ1v) is 12.3. The summed E-state index contributed by atoms with van der Waals surface area (Å²) in [4.78, 5) is 11.5. The summed E-state index contributed by atoms with van der Waals surface area (Å²) in [7, 11) is 3.62. The number of carbonyl (C=O) groups is 1. The van der Waals surface area contributed by atoms with Gasteiger partial charge in [0.15, 0.2) is 11.5 Å². The second kappa shape index (κ2) is 11.6. The summed E-state index contributed by atoms with van der Waals surface area (Å²) in [5, 5.41) is 0. The molecule has 0 N–H and O–H groups in total. The molecule has 0 aromatic heterocycles. The van der Waals surface area contributed by atoms with Crippen LogP contribution < -0.4 is 8.37 Å². The molecule has 0 aliphatic carbocycles. The third-order valence-electron chi connectivity index (χ3n) is 1.67. The molecule has 0 unspecified atom stereocenters. The van der Waals surface area contributed by atoms with Crippen LogP contribution in [-0.2, 0) is 4.74 Å². The highest BCUT2D eigenvalue weighted by Gasteiger charge is 2.16. The Labute approximate surface area is 153 Å². The highest BCUT2D eigenvalue weighted by Crippen LogP contribution is 2.40. The van der Waals surface area contributed by atoms with Gasteiger partial charge in [-0.1, -0.05) is 13.8 Å². The van der Waals surface area contributed by atoms with Crippen LogP contribution in [-0.4, -0.2) is 13.1 Å². The number of esters is 1. The van der Waals surface area contributed by atoms with Crippen molar-refractivity contribution in [1.29, 1.82) is 0 Å². The third kappa shape index (κ3) is 6.48. The molecule has 0 heterocycles. The molecular weight excluding hydrogens is 582 g/mol. The quantitative estimate of drug-likeness (QED) is 0.237. The Kier molecular flexibility index (Phi) is 12.1. The molecule has 0 saturated heterocycles. The van der Waals surface area contributed by atoms with Crippen molar-refractivity contribution in [2.75, 3.05) is 7.11 Å². The van der Waals surface area contributed by atoms with Crippen molar-refractivity contribution >= 4 is 82.7 Å². The van der Waals surface area contributed by atoms with Crippen molar-refractivity contribution in [2.24, 2.45) is 0 Å². The van der Waals surface area contributed by atoms with Crippen LogP contribution in [0.5, 0.6) is 11.5 Å². The lowest BCUT2D eigenvalue weighted by molar-refractivity contribution is 0.0600. The second-order valence-electron chi connectivity index (χ2n) is 2.57. The molecule has 1 aromatic carbocycles. The van der Waals surface area contributed by atoms with E-state index in [-0.39, 0.29) is 0 Å². The molecule has 0 aliphatic rings. The van der Waals surface area contributed by atoms with Gasteiger partial charge in [-0.3, -0.25) is 0 Å². The summed E-state index contributed by atoms with van der Waals surface area (Å²) in [5.74, 6) is 0.574. The Morgan fingerprint density at radius 1 is 1.16 bits per heavy atom. The van der Waals surface area contributed by atoms with E-state index in [1.165, 1.54) is 7.11 Å². The van der Waals surface area contributed by atoms with Gasteiger partial charge < -0.3 is 13.1 Å². The number of methoxy groups -OCH3 is 1. The zero-order chi connectivity index (χ0) is 14.8. The van der Waals surface area contributed by atoms with Gasteiger partial charge in [-0.15, -0.1) is 0 Å². The fraction of sp³-hybridized carbons (Fsp3) is 0.300. The van der Waals surface area contributed by atoms with Crippen LogP contribution in [0, 0.1) is 0 Å². The minimum Gasteiger partial charge on any atom is -0.465 e. The molecule has 0 spiro atoms. The van der Waals surface area contributed by atoms with Crippen molar-refractivity contribution in [1.82, 2.24) is 0 Å². The van der Waals surface area contributed by atoms with E-state index >= 15 is 0 Å². The maximum Gasteiger partial charge on any atom is 0.338 e. The number of hydrogen-bond acceptors (Lipinski definition) is 6. The lowest BCUT2D eigenvalue weighted by Gasteiger charge is -2.10. The molecule has 9 heteroatoms. The van der Waals surface area contributed by atoms with Crippen LogP contribution >= 0.6 is 76.8 Å². The Hall–Kier alpha value is 0.930. The summed E-state index contributed by atoms with van der Waals surface area (Å²) in [5.41, 5.74) is 0.372. The second-order valence-corrected chi connectivity index (χ2v) is 6.11. The molecule has 4 nitrogen and oxygen atoms in total. The van der Waals surface area contributed by atoms with E-state index < -0.39 is 5.97 Å². The zero-order valence-electron chi connectivity index (χ0n) is 10.2. The predicted molar refractivity (Wildman–Crippen MR) is 101 cm³/mol. The molecule has 0 radical (unpaired) electrons. The highest BCUT2D eigenvalue weighted by atomic mass is 127. The van der Waals surface area contributed by atoms with Crippen LogP contribution in [0.3, 0.4) is 0 Å². The van der Waals surface area contributed by atoms with Crippen molar-refractivity contribution < 1.29 is 17.9 Å². The van der Waals surface area contributed by atoms with Crippen LogP contribution in [0.15, 0.2) is 16.6 Å². The van der Waals surface area contributed by atoms with Gasteiger partial charge in [0, 0.05) is 42.4 Å². The Balaban J connectivity index is 0.00000154. The van der Waals surface area contributed by atoms with Crippen molar-refractivity contribution in [3.05, 3.63) is 22.2 Å². The molecule has 0 fully saturated rings. The molecular formula is C10H11BrI2O4S2. The smallest absolute Gasteiger partial charge is 0.338 e. The van der Waals surface area contributed by atoms with E-state index in [0.717, 1.165) is 18.4 Å². The van der Waals surface area contributed by atoms with Gasteiger partial charge in [0.1, 0.15) is 22.9 Å². The highest BCUT2D eigenvalue weighted by molar-refractivity contribution is 14.2. The first kappa shape index (κ1) is 19.9. The molecule has 19 heavy (non-hydrogen) atoms. The fourth-order valence-electron chi connectivity index (χ4n) is 0.997. The first-order valence-electron chi connectivity index (χ1n) is 4.96. The van der Waals surface area contributed by atoms with Gasteiger partial charge in [-0.05, 0) is 28.1 Å². The predicted octanol–water partition coefficient (Wildman–Crippen LogP) is 6.02. The molecule has 108 valence electrons. The Bertz CT molecular complexity index is 394. The maximum absolute atomic E-state index is 11.5. The molecule has 1 rings (SSSR count). The fourth-order valence-corrected chi connectivity index (χ4v) is 3.16. The molecule has 0 saturated carbocycles. The number of hydrogen-bond donors (Lipinski definition) is 0. The molecule has 0 aliphatic heterocycles. The standard InChI is InChI=1S/C8H5BrI2O4S2.C2H6/c1-13-8(12)4-2-5(14-16-10)7(9)6(3-4)15-17-11;1-2/h2-3H,1H3;1-2H3.